The third-order valence-corrected chi connectivity index (χ3v) is 6.18. The van der Waals surface area contributed by atoms with Gasteiger partial charge in [-0.25, -0.2) is 0 Å². The lowest BCUT2D eigenvalue weighted by molar-refractivity contribution is -0.150. The van der Waals surface area contributed by atoms with Crippen molar-refractivity contribution in [2.45, 2.75) is 51.5 Å². The topological polar surface area (TPSA) is 48.0 Å². The molecule has 1 aromatic carbocycles. The molecule has 0 N–H and O–H groups in total. The van der Waals surface area contributed by atoms with E-state index in [1.807, 2.05) is 6.92 Å². The van der Waals surface area contributed by atoms with E-state index < -0.39 is 0 Å². The largest absolute Gasteiger partial charge is 0.493 e. The van der Waals surface area contributed by atoms with Gasteiger partial charge >= 0.3 is 5.97 Å². The molecule has 144 valence electrons. The predicted molar refractivity (Wildman–Crippen MR) is 101 cm³/mol. The summed E-state index contributed by atoms with van der Waals surface area (Å²) >= 11 is 0. The third-order valence-electron chi connectivity index (χ3n) is 6.18. The van der Waals surface area contributed by atoms with Crippen molar-refractivity contribution in [1.29, 1.82) is 0 Å². The molecule has 26 heavy (non-hydrogen) atoms. The summed E-state index contributed by atoms with van der Waals surface area (Å²) in [6.07, 6.45) is 4.73. The first-order valence-electron chi connectivity index (χ1n) is 9.76. The summed E-state index contributed by atoms with van der Waals surface area (Å²) in [5.74, 6) is 1.58. The van der Waals surface area contributed by atoms with Gasteiger partial charge in [-0.2, -0.15) is 0 Å². The average Bonchev–Trinajstić information content (AvgIpc) is 2.68. The second-order valence-electron chi connectivity index (χ2n) is 7.25. The van der Waals surface area contributed by atoms with Crippen molar-refractivity contribution in [2.75, 3.05) is 33.9 Å². The van der Waals surface area contributed by atoms with Crippen molar-refractivity contribution in [3.05, 3.63) is 23.3 Å². The zero-order valence-electron chi connectivity index (χ0n) is 16.5. The van der Waals surface area contributed by atoms with Gasteiger partial charge in [0.05, 0.1) is 26.7 Å². The zero-order chi connectivity index (χ0) is 18.7. The zero-order valence-corrected chi connectivity index (χ0v) is 16.5. The number of benzene rings is 1. The third kappa shape index (κ3) is 3.18. The number of fused-ring (bicyclic) bond motifs is 2. The smallest absolute Gasteiger partial charge is 0.308 e. The number of carbonyl (C=O) groups excluding carboxylic acids is 1. The number of hydrogen-bond acceptors (Lipinski definition) is 5. The molecule has 1 saturated carbocycles. The van der Waals surface area contributed by atoms with Crippen LogP contribution in [0.5, 0.6) is 11.5 Å². The highest BCUT2D eigenvalue weighted by molar-refractivity contribution is 5.72. The number of rotatable bonds is 5. The number of carbonyl (C=O) groups is 1. The molecule has 5 heteroatoms. The van der Waals surface area contributed by atoms with E-state index >= 15 is 0 Å². The number of esters is 1. The van der Waals surface area contributed by atoms with Crippen LogP contribution < -0.4 is 9.47 Å². The fraction of sp³-hybridized carbons (Fsp3) is 0.667. The molecule has 1 heterocycles. The van der Waals surface area contributed by atoms with Gasteiger partial charge in [-0.3, -0.25) is 9.69 Å². The van der Waals surface area contributed by atoms with Crippen LogP contribution in [0.3, 0.4) is 0 Å². The summed E-state index contributed by atoms with van der Waals surface area (Å²) in [6.45, 7) is 6.62. The SMILES string of the molecule is CCOC(=O)[C@H]1CC[C@]2(CC1)c1cc(OC)c(OC)cc1CCN2CC. The molecular formula is C21H31NO4. The molecule has 3 rings (SSSR count). The van der Waals surface area contributed by atoms with Crippen molar-refractivity contribution in [1.82, 2.24) is 4.90 Å². The van der Waals surface area contributed by atoms with Crippen LogP contribution in [0.4, 0.5) is 0 Å². The van der Waals surface area contributed by atoms with E-state index in [2.05, 4.69) is 24.0 Å². The quantitative estimate of drug-likeness (QED) is 0.751. The molecule has 1 fully saturated rings. The van der Waals surface area contributed by atoms with E-state index in [0.29, 0.717) is 6.61 Å². The maximum atomic E-state index is 12.2. The molecule has 0 radical (unpaired) electrons. The highest BCUT2D eigenvalue weighted by atomic mass is 16.5. The normalized spacial score (nSPS) is 25.6. The molecule has 0 unspecified atom stereocenters. The Kier molecular flexibility index (Phi) is 5.76. The number of likely N-dealkylation sites (N-methyl/N-ethyl adjacent to an activating group) is 1. The Morgan fingerprint density at radius 2 is 1.81 bits per heavy atom. The summed E-state index contributed by atoms with van der Waals surface area (Å²) in [4.78, 5) is 14.8. The molecule has 1 aliphatic heterocycles. The molecule has 0 atom stereocenters. The maximum Gasteiger partial charge on any atom is 0.308 e. The summed E-state index contributed by atoms with van der Waals surface area (Å²) in [7, 11) is 3.38. The molecule has 1 aliphatic carbocycles. The highest BCUT2D eigenvalue weighted by Crippen LogP contribution is 2.49. The Labute approximate surface area is 156 Å². The van der Waals surface area contributed by atoms with Crippen molar-refractivity contribution in [3.63, 3.8) is 0 Å². The van der Waals surface area contributed by atoms with Crippen LogP contribution in [0, 0.1) is 5.92 Å². The number of methoxy groups -OCH3 is 2. The van der Waals surface area contributed by atoms with Crippen LogP contribution in [0.15, 0.2) is 12.1 Å². The summed E-state index contributed by atoms with van der Waals surface area (Å²) in [6, 6.07) is 4.31. The Morgan fingerprint density at radius 3 is 2.38 bits per heavy atom. The number of nitrogens with zero attached hydrogens (tertiary/aromatic N) is 1. The van der Waals surface area contributed by atoms with Gasteiger partial charge in [-0.05, 0) is 68.8 Å². The van der Waals surface area contributed by atoms with E-state index in [1.165, 1.54) is 11.1 Å². The van der Waals surface area contributed by atoms with Crippen molar-refractivity contribution < 1.29 is 19.0 Å². The Bertz CT molecular complexity index is 650. The fourth-order valence-corrected chi connectivity index (χ4v) is 4.84. The van der Waals surface area contributed by atoms with Gasteiger partial charge < -0.3 is 14.2 Å². The molecule has 0 saturated heterocycles. The first-order valence-corrected chi connectivity index (χ1v) is 9.76. The van der Waals surface area contributed by atoms with E-state index in [0.717, 1.165) is 56.7 Å². The van der Waals surface area contributed by atoms with E-state index in [4.69, 9.17) is 14.2 Å². The minimum absolute atomic E-state index is 0.00905. The standard InChI is InChI=1S/C21H31NO4/c1-5-22-12-9-16-13-18(24-3)19(25-4)14-17(16)21(22)10-7-15(8-11-21)20(23)26-6-2/h13-15H,5-12H2,1-4H3/t15-,21-. The number of ether oxygens (including phenoxy) is 3. The van der Waals surface area contributed by atoms with Crippen LogP contribution in [0.25, 0.3) is 0 Å². The molecule has 0 bridgehead atoms. The molecule has 1 spiro atoms. The highest BCUT2D eigenvalue weighted by Gasteiger charge is 2.46. The van der Waals surface area contributed by atoms with Crippen LogP contribution in [-0.4, -0.2) is 44.8 Å². The molecule has 0 amide bonds. The van der Waals surface area contributed by atoms with Gasteiger partial charge in [-0.15, -0.1) is 0 Å². The minimum atomic E-state index is -0.0336. The molecule has 1 aromatic rings. The minimum Gasteiger partial charge on any atom is -0.493 e. The molecule has 5 nitrogen and oxygen atoms in total. The summed E-state index contributed by atoms with van der Waals surface area (Å²) in [5.41, 5.74) is 2.69. The van der Waals surface area contributed by atoms with Gasteiger partial charge in [0.1, 0.15) is 0 Å². The van der Waals surface area contributed by atoms with Gasteiger partial charge in [0.15, 0.2) is 11.5 Å². The summed E-state index contributed by atoms with van der Waals surface area (Å²) < 4.78 is 16.3. The lowest BCUT2D eigenvalue weighted by atomic mass is 9.68. The Hall–Kier alpha value is -1.75. The average molecular weight is 361 g/mol. The second-order valence-corrected chi connectivity index (χ2v) is 7.25. The first kappa shape index (κ1) is 19.0. The van der Waals surface area contributed by atoms with Gasteiger partial charge in [0.25, 0.3) is 0 Å². The first-order chi connectivity index (χ1) is 12.6. The predicted octanol–water partition coefficient (Wildman–Crippen LogP) is 3.53. The van der Waals surface area contributed by atoms with E-state index in [1.54, 1.807) is 14.2 Å². The molecule has 0 aromatic heterocycles. The second kappa shape index (κ2) is 7.87. The van der Waals surface area contributed by atoms with Crippen molar-refractivity contribution in [3.8, 4) is 11.5 Å². The van der Waals surface area contributed by atoms with Crippen molar-refractivity contribution in [2.24, 2.45) is 5.92 Å². The van der Waals surface area contributed by atoms with Crippen LogP contribution in [-0.2, 0) is 21.5 Å². The Morgan fingerprint density at radius 1 is 1.15 bits per heavy atom. The van der Waals surface area contributed by atoms with Gasteiger partial charge in [0, 0.05) is 12.1 Å². The number of hydrogen-bond donors (Lipinski definition) is 0. The van der Waals surface area contributed by atoms with Crippen molar-refractivity contribution >= 4 is 5.97 Å². The molecule has 2 aliphatic rings. The Balaban J connectivity index is 1.95. The van der Waals surface area contributed by atoms with Gasteiger partial charge in [-0.1, -0.05) is 6.92 Å². The maximum absolute atomic E-state index is 12.2. The summed E-state index contributed by atoms with van der Waals surface area (Å²) in [5, 5.41) is 0. The van der Waals surface area contributed by atoms with E-state index in [9.17, 15) is 4.79 Å². The molecular weight excluding hydrogens is 330 g/mol. The van der Waals surface area contributed by atoms with Crippen LogP contribution in [0.2, 0.25) is 0 Å². The van der Waals surface area contributed by atoms with Gasteiger partial charge in [0.2, 0.25) is 0 Å². The van der Waals surface area contributed by atoms with E-state index in [-0.39, 0.29) is 17.4 Å². The lowest BCUT2D eigenvalue weighted by Gasteiger charge is -2.51. The lowest BCUT2D eigenvalue weighted by Crippen LogP contribution is -2.52. The monoisotopic (exact) mass is 361 g/mol. The van der Waals surface area contributed by atoms with Crippen LogP contribution >= 0.6 is 0 Å². The fourth-order valence-electron chi connectivity index (χ4n) is 4.84. The van der Waals surface area contributed by atoms with Crippen LogP contribution in [0.1, 0.15) is 50.7 Å².